The minimum Gasteiger partial charge on any atom is -0.207 e. The summed E-state index contributed by atoms with van der Waals surface area (Å²) in [5, 5.41) is 0. The summed E-state index contributed by atoms with van der Waals surface area (Å²) in [6.07, 6.45) is 4.15. The zero-order valence-corrected chi connectivity index (χ0v) is 14.0. The molecule has 2 atom stereocenters. The third-order valence-electron chi connectivity index (χ3n) is 4.08. The van der Waals surface area contributed by atoms with Crippen LogP contribution in [0.4, 0.5) is 4.39 Å². The van der Waals surface area contributed by atoms with Crippen LogP contribution >= 0.6 is 15.9 Å². The molecular weight excluding hydrogens is 345 g/mol. The first kappa shape index (κ1) is 15.9. The van der Waals surface area contributed by atoms with Gasteiger partial charge in [-0.15, -0.1) is 0 Å². The van der Waals surface area contributed by atoms with E-state index in [1.807, 2.05) is 0 Å². The lowest BCUT2D eigenvalue weighted by atomic mass is 9.86. The second-order valence-electron chi connectivity index (χ2n) is 5.43. The smallest absolute Gasteiger partial charge is 0.207 e. The SMILES string of the molecule is CC1CCCCC1N(C)S(=O)(=O)c1ccc(F)cc1Br. The third-order valence-corrected chi connectivity index (χ3v) is 6.94. The first-order chi connectivity index (χ1) is 9.34. The second-order valence-corrected chi connectivity index (χ2v) is 8.25. The van der Waals surface area contributed by atoms with Crippen LogP contribution in [0.15, 0.2) is 27.6 Å². The van der Waals surface area contributed by atoms with Crippen LogP contribution in [0, 0.1) is 11.7 Å². The molecule has 0 radical (unpaired) electrons. The van der Waals surface area contributed by atoms with E-state index in [2.05, 4.69) is 22.9 Å². The topological polar surface area (TPSA) is 37.4 Å². The molecule has 0 amide bonds. The minimum atomic E-state index is -3.60. The molecule has 0 spiro atoms. The molecule has 1 aliphatic rings. The number of benzene rings is 1. The highest BCUT2D eigenvalue weighted by atomic mass is 79.9. The number of halogens is 2. The van der Waals surface area contributed by atoms with Crippen LogP contribution in [0.1, 0.15) is 32.6 Å². The van der Waals surface area contributed by atoms with Gasteiger partial charge < -0.3 is 0 Å². The molecule has 0 bridgehead atoms. The molecule has 3 nitrogen and oxygen atoms in total. The molecule has 2 unspecified atom stereocenters. The van der Waals surface area contributed by atoms with Crippen molar-refractivity contribution in [3.8, 4) is 0 Å². The van der Waals surface area contributed by atoms with Crippen molar-refractivity contribution in [2.45, 2.75) is 43.5 Å². The maximum atomic E-state index is 13.1. The summed E-state index contributed by atoms with van der Waals surface area (Å²) in [6.45, 7) is 2.09. The highest BCUT2D eigenvalue weighted by Crippen LogP contribution is 2.32. The summed E-state index contributed by atoms with van der Waals surface area (Å²) < 4.78 is 40.2. The van der Waals surface area contributed by atoms with Crippen molar-refractivity contribution >= 4 is 26.0 Å². The fourth-order valence-corrected chi connectivity index (χ4v) is 5.34. The average Bonchev–Trinajstić information content (AvgIpc) is 2.38. The molecule has 1 aromatic carbocycles. The molecule has 1 aromatic rings. The molecule has 1 fully saturated rings. The lowest BCUT2D eigenvalue weighted by Crippen LogP contribution is -2.42. The highest BCUT2D eigenvalue weighted by molar-refractivity contribution is 9.10. The van der Waals surface area contributed by atoms with E-state index in [0.29, 0.717) is 5.92 Å². The van der Waals surface area contributed by atoms with E-state index < -0.39 is 15.8 Å². The van der Waals surface area contributed by atoms with E-state index in [4.69, 9.17) is 0 Å². The lowest BCUT2D eigenvalue weighted by Gasteiger charge is -2.35. The standard InChI is InChI=1S/C14H19BrFNO2S/c1-10-5-3-4-6-13(10)17(2)20(18,19)14-8-7-11(16)9-12(14)15/h7-10,13H,3-6H2,1-2H3. The van der Waals surface area contributed by atoms with Gasteiger partial charge in [0.1, 0.15) is 5.82 Å². The molecule has 1 aliphatic carbocycles. The van der Waals surface area contributed by atoms with E-state index in [-0.39, 0.29) is 15.4 Å². The van der Waals surface area contributed by atoms with Crippen molar-refractivity contribution in [1.82, 2.24) is 4.31 Å². The fourth-order valence-electron chi connectivity index (χ4n) is 2.85. The molecule has 2 rings (SSSR count). The van der Waals surface area contributed by atoms with E-state index in [9.17, 15) is 12.8 Å². The monoisotopic (exact) mass is 363 g/mol. The van der Waals surface area contributed by atoms with E-state index >= 15 is 0 Å². The fraction of sp³-hybridized carbons (Fsp3) is 0.571. The Hall–Kier alpha value is -0.460. The van der Waals surface area contributed by atoms with Gasteiger partial charge in [-0.1, -0.05) is 19.8 Å². The third kappa shape index (κ3) is 3.07. The molecule has 0 heterocycles. The lowest BCUT2D eigenvalue weighted by molar-refractivity contribution is 0.213. The maximum absolute atomic E-state index is 13.1. The summed E-state index contributed by atoms with van der Waals surface area (Å²) in [4.78, 5) is 0.124. The predicted octanol–water partition coefficient (Wildman–Crippen LogP) is 3.79. The van der Waals surface area contributed by atoms with E-state index in [1.165, 1.54) is 22.5 Å². The molecule has 0 aliphatic heterocycles. The normalized spacial score (nSPS) is 24.1. The number of hydrogen-bond acceptors (Lipinski definition) is 2. The van der Waals surface area contributed by atoms with Crippen molar-refractivity contribution in [3.63, 3.8) is 0 Å². The highest BCUT2D eigenvalue weighted by Gasteiger charge is 2.33. The Labute approximate surface area is 128 Å². The van der Waals surface area contributed by atoms with Gasteiger partial charge in [-0.3, -0.25) is 0 Å². The van der Waals surface area contributed by atoms with Crippen LogP contribution in [0.5, 0.6) is 0 Å². The number of hydrogen-bond donors (Lipinski definition) is 0. The Kier molecular flexibility index (Phi) is 4.87. The summed E-state index contributed by atoms with van der Waals surface area (Å²) in [7, 11) is -1.98. The van der Waals surface area contributed by atoms with Crippen LogP contribution in [-0.2, 0) is 10.0 Å². The Morgan fingerprint density at radius 2 is 1.95 bits per heavy atom. The first-order valence-electron chi connectivity index (χ1n) is 6.77. The first-order valence-corrected chi connectivity index (χ1v) is 9.00. The summed E-state index contributed by atoms with van der Waals surface area (Å²) in [5.41, 5.74) is 0. The van der Waals surface area contributed by atoms with Gasteiger partial charge in [0.25, 0.3) is 0 Å². The van der Waals surface area contributed by atoms with Crippen molar-refractivity contribution in [2.75, 3.05) is 7.05 Å². The van der Waals surface area contributed by atoms with Crippen molar-refractivity contribution < 1.29 is 12.8 Å². The molecule has 6 heteroatoms. The Morgan fingerprint density at radius 3 is 2.55 bits per heavy atom. The van der Waals surface area contributed by atoms with Crippen LogP contribution in [0.2, 0.25) is 0 Å². The molecule has 0 saturated heterocycles. The van der Waals surface area contributed by atoms with Gasteiger partial charge in [-0.05, 0) is 52.9 Å². The molecule has 112 valence electrons. The molecule has 0 aromatic heterocycles. The zero-order chi connectivity index (χ0) is 14.9. The van der Waals surface area contributed by atoms with Crippen molar-refractivity contribution in [3.05, 3.63) is 28.5 Å². The van der Waals surface area contributed by atoms with Crippen LogP contribution in [0.3, 0.4) is 0 Å². The Balaban J connectivity index is 2.33. The van der Waals surface area contributed by atoms with Gasteiger partial charge in [-0.2, -0.15) is 4.31 Å². The number of nitrogens with zero attached hydrogens (tertiary/aromatic N) is 1. The quantitative estimate of drug-likeness (QED) is 0.819. The summed E-state index contributed by atoms with van der Waals surface area (Å²) in [6, 6.07) is 3.70. The Morgan fingerprint density at radius 1 is 1.30 bits per heavy atom. The van der Waals surface area contributed by atoms with Gasteiger partial charge in [0.15, 0.2) is 0 Å². The predicted molar refractivity (Wildman–Crippen MR) is 80.5 cm³/mol. The van der Waals surface area contributed by atoms with Crippen molar-refractivity contribution in [2.24, 2.45) is 5.92 Å². The van der Waals surface area contributed by atoms with Gasteiger partial charge >= 0.3 is 0 Å². The van der Waals surface area contributed by atoms with E-state index in [0.717, 1.165) is 25.7 Å². The summed E-state index contributed by atoms with van der Waals surface area (Å²) >= 11 is 3.14. The number of rotatable bonds is 3. The minimum absolute atomic E-state index is 0.0192. The number of sulfonamides is 1. The average molecular weight is 364 g/mol. The van der Waals surface area contributed by atoms with Crippen LogP contribution in [-0.4, -0.2) is 25.8 Å². The van der Waals surface area contributed by atoms with Gasteiger partial charge in [0, 0.05) is 17.6 Å². The largest absolute Gasteiger partial charge is 0.244 e. The van der Waals surface area contributed by atoms with Gasteiger partial charge in [0.2, 0.25) is 10.0 Å². The van der Waals surface area contributed by atoms with Gasteiger partial charge in [0.05, 0.1) is 4.90 Å². The zero-order valence-electron chi connectivity index (χ0n) is 11.6. The maximum Gasteiger partial charge on any atom is 0.244 e. The molecule has 1 saturated carbocycles. The van der Waals surface area contributed by atoms with E-state index in [1.54, 1.807) is 7.05 Å². The van der Waals surface area contributed by atoms with Crippen molar-refractivity contribution in [1.29, 1.82) is 0 Å². The van der Waals surface area contributed by atoms with Crippen LogP contribution < -0.4 is 0 Å². The molecular formula is C14H19BrFNO2S. The second kappa shape index (κ2) is 6.12. The molecule has 20 heavy (non-hydrogen) atoms. The summed E-state index contributed by atoms with van der Waals surface area (Å²) in [5.74, 6) is -0.104. The van der Waals surface area contributed by atoms with Crippen LogP contribution in [0.25, 0.3) is 0 Å². The van der Waals surface area contributed by atoms with Gasteiger partial charge in [-0.25, -0.2) is 12.8 Å². The Bertz CT molecular complexity index is 591. The molecule has 0 N–H and O–H groups in total.